The summed E-state index contributed by atoms with van der Waals surface area (Å²) in [6.45, 7) is 4.51. The molecule has 2 aliphatic carbocycles. The molecule has 3 aromatic rings. The van der Waals surface area contributed by atoms with Crippen LogP contribution < -0.4 is 21.3 Å². The molecular formula is C24H27FN8O2. The van der Waals surface area contributed by atoms with E-state index in [4.69, 9.17) is 15.5 Å². The molecule has 1 aromatic carbocycles. The Balaban J connectivity index is 1.33. The topological polar surface area (TPSA) is 134 Å². The number of ether oxygens (including phenoxy) is 1. The van der Waals surface area contributed by atoms with Gasteiger partial charge in [-0.2, -0.15) is 15.1 Å². The molecule has 11 heteroatoms. The third-order valence-corrected chi connectivity index (χ3v) is 7.20. The van der Waals surface area contributed by atoms with E-state index in [1.807, 2.05) is 13.0 Å². The highest BCUT2D eigenvalue weighted by Crippen LogP contribution is 2.45. The Hall–Kier alpha value is -3.73. The molecule has 1 amide bonds. The van der Waals surface area contributed by atoms with Crippen molar-refractivity contribution in [1.82, 2.24) is 20.2 Å². The predicted molar refractivity (Wildman–Crippen MR) is 130 cm³/mol. The molecule has 35 heavy (non-hydrogen) atoms. The van der Waals surface area contributed by atoms with Gasteiger partial charge in [-0.25, -0.2) is 4.39 Å². The number of aromatic nitrogens is 4. The van der Waals surface area contributed by atoms with E-state index in [0.29, 0.717) is 43.5 Å². The van der Waals surface area contributed by atoms with E-state index >= 15 is 0 Å². The average Bonchev–Trinajstić information content (AvgIpc) is 3.54. The number of nitrogens with two attached hydrogens (primary N) is 1. The number of anilines is 4. The molecular weight excluding hydrogens is 451 g/mol. The van der Waals surface area contributed by atoms with E-state index in [9.17, 15) is 9.18 Å². The molecule has 2 fully saturated rings. The predicted octanol–water partition coefficient (Wildman–Crippen LogP) is 2.47. The largest absolute Gasteiger partial charge is 0.378 e. The van der Waals surface area contributed by atoms with E-state index in [2.05, 4.69) is 42.9 Å². The third-order valence-electron chi connectivity index (χ3n) is 7.20. The lowest BCUT2D eigenvalue weighted by atomic mass is 9.88. The Morgan fingerprint density at radius 3 is 2.80 bits per heavy atom. The zero-order valence-corrected chi connectivity index (χ0v) is 19.3. The number of benzene rings is 1. The summed E-state index contributed by atoms with van der Waals surface area (Å²) in [4.78, 5) is 23.5. The Morgan fingerprint density at radius 2 is 2.00 bits per heavy atom. The summed E-state index contributed by atoms with van der Waals surface area (Å²) < 4.78 is 19.9. The molecule has 5 N–H and O–H groups in total. The van der Waals surface area contributed by atoms with Crippen LogP contribution in [-0.2, 0) is 9.53 Å². The molecule has 3 aliphatic rings. The number of morpholine rings is 1. The van der Waals surface area contributed by atoms with Gasteiger partial charge >= 0.3 is 0 Å². The second-order valence-corrected chi connectivity index (χ2v) is 9.41. The summed E-state index contributed by atoms with van der Waals surface area (Å²) >= 11 is 0. The maximum atomic E-state index is 14.5. The van der Waals surface area contributed by atoms with Crippen LogP contribution >= 0.6 is 0 Å². The maximum absolute atomic E-state index is 14.5. The van der Waals surface area contributed by atoms with Crippen LogP contribution in [0.2, 0.25) is 0 Å². The van der Waals surface area contributed by atoms with Crippen LogP contribution in [0.5, 0.6) is 0 Å². The van der Waals surface area contributed by atoms with Gasteiger partial charge in [-0.1, -0.05) is 12.2 Å². The molecule has 4 atom stereocenters. The number of H-pyrrole nitrogens is 1. The lowest BCUT2D eigenvalue weighted by Crippen LogP contribution is -2.41. The smallest absolute Gasteiger partial charge is 0.231 e. The fraction of sp³-hybridized carbons (Fsp3) is 0.417. The van der Waals surface area contributed by atoms with Crippen molar-refractivity contribution >= 4 is 40.1 Å². The van der Waals surface area contributed by atoms with E-state index < -0.39 is 0 Å². The molecule has 10 nitrogen and oxygen atoms in total. The lowest BCUT2D eigenvalue weighted by molar-refractivity contribution is -0.122. The Kier molecular flexibility index (Phi) is 5.28. The van der Waals surface area contributed by atoms with Crippen LogP contribution in [-0.4, -0.2) is 58.4 Å². The zero-order chi connectivity index (χ0) is 24.1. The van der Waals surface area contributed by atoms with Crippen molar-refractivity contribution in [1.29, 1.82) is 0 Å². The minimum atomic E-state index is -0.357. The molecule has 0 unspecified atom stereocenters. The monoisotopic (exact) mass is 478 g/mol. The minimum absolute atomic E-state index is 0.140. The molecule has 2 aromatic heterocycles. The normalized spacial score (nSPS) is 25.4. The van der Waals surface area contributed by atoms with Gasteiger partial charge in [-0.15, -0.1) is 0 Å². The molecule has 1 saturated heterocycles. The number of fused-ring (bicyclic) bond motifs is 3. The summed E-state index contributed by atoms with van der Waals surface area (Å²) in [5, 5.41) is 14.6. The van der Waals surface area contributed by atoms with Crippen molar-refractivity contribution in [2.45, 2.75) is 19.4 Å². The molecule has 3 heterocycles. The first kappa shape index (κ1) is 21.8. The number of hydrogen-bond donors (Lipinski definition) is 4. The number of hydrogen-bond acceptors (Lipinski definition) is 8. The second-order valence-electron chi connectivity index (χ2n) is 9.41. The van der Waals surface area contributed by atoms with E-state index in [1.54, 1.807) is 0 Å². The highest BCUT2D eigenvalue weighted by molar-refractivity contribution is 5.91. The number of halogens is 1. The van der Waals surface area contributed by atoms with E-state index in [0.717, 1.165) is 23.2 Å². The van der Waals surface area contributed by atoms with Gasteiger partial charge in [0.15, 0.2) is 5.65 Å². The first-order chi connectivity index (χ1) is 17.0. The molecule has 0 radical (unpaired) electrons. The number of allylic oxidation sites excluding steroid dienone is 1. The van der Waals surface area contributed by atoms with Gasteiger partial charge in [0.1, 0.15) is 11.6 Å². The van der Waals surface area contributed by atoms with Crippen molar-refractivity contribution in [2.24, 2.45) is 23.5 Å². The number of amides is 1. The number of nitrogens with one attached hydrogen (secondary N) is 3. The summed E-state index contributed by atoms with van der Waals surface area (Å²) in [5.74, 6) is 0.196. The third kappa shape index (κ3) is 3.95. The van der Waals surface area contributed by atoms with Crippen molar-refractivity contribution in [3.8, 4) is 0 Å². The molecule has 2 bridgehead atoms. The molecule has 6 rings (SSSR count). The van der Waals surface area contributed by atoms with Gasteiger partial charge in [-0.05, 0) is 43.4 Å². The van der Waals surface area contributed by atoms with Crippen LogP contribution in [0.3, 0.4) is 0 Å². The Labute approximate surface area is 201 Å². The van der Waals surface area contributed by atoms with E-state index in [-0.39, 0.29) is 41.5 Å². The fourth-order valence-corrected chi connectivity index (χ4v) is 5.57. The number of carbonyl (C=O) groups excluding carboxylic acids is 1. The van der Waals surface area contributed by atoms with Gasteiger partial charge in [0.05, 0.1) is 24.5 Å². The molecule has 182 valence electrons. The van der Waals surface area contributed by atoms with Crippen LogP contribution in [0.4, 0.5) is 27.5 Å². The highest BCUT2D eigenvalue weighted by Gasteiger charge is 2.47. The van der Waals surface area contributed by atoms with Crippen molar-refractivity contribution in [3.63, 3.8) is 0 Å². The van der Waals surface area contributed by atoms with Crippen LogP contribution in [0, 0.1) is 30.5 Å². The Bertz CT molecular complexity index is 1320. The van der Waals surface area contributed by atoms with Crippen molar-refractivity contribution < 1.29 is 13.9 Å². The van der Waals surface area contributed by atoms with Gasteiger partial charge in [0, 0.05) is 36.2 Å². The minimum Gasteiger partial charge on any atom is -0.378 e. The first-order valence-electron chi connectivity index (χ1n) is 11.8. The van der Waals surface area contributed by atoms with Crippen molar-refractivity contribution in [3.05, 3.63) is 41.9 Å². The molecule has 1 aliphatic heterocycles. The summed E-state index contributed by atoms with van der Waals surface area (Å²) in [7, 11) is 0. The summed E-state index contributed by atoms with van der Waals surface area (Å²) in [6.07, 6.45) is 5.12. The Morgan fingerprint density at radius 1 is 1.20 bits per heavy atom. The fourth-order valence-electron chi connectivity index (χ4n) is 5.57. The highest BCUT2D eigenvalue weighted by atomic mass is 19.1. The first-order valence-corrected chi connectivity index (χ1v) is 11.8. The number of nitrogens with zero attached hydrogens (tertiary/aromatic N) is 4. The second kappa shape index (κ2) is 8.49. The zero-order valence-electron chi connectivity index (χ0n) is 19.3. The number of aryl methyl sites for hydroxylation is 1. The van der Waals surface area contributed by atoms with Gasteiger partial charge < -0.3 is 26.0 Å². The molecule has 0 spiro atoms. The van der Waals surface area contributed by atoms with Gasteiger partial charge in [-0.3, -0.25) is 9.89 Å². The average molecular weight is 479 g/mol. The summed E-state index contributed by atoms with van der Waals surface area (Å²) in [5.41, 5.74) is 8.33. The van der Waals surface area contributed by atoms with Crippen LogP contribution in [0.15, 0.2) is 30.4 Å². The van der Waals surface area contributed by atoms with Gasteiger partial charge in [0.25, 0.3) is 0 Å². The standard InChI is InChI=1S/C24H27FN8O2/c1-12-18-22(28-20-14-3-2-13(8-14)19(20)21(26)34)29-24(30-23(18)32-31-12)27-16-9-15(25)10-17(11-16)33-4-6-35-7-5-33/h2-3,9-11,13-14,19-20H,4-8H2,1H3,(H2,26,34)(H3,27,28,29,30,31,32)/t13-,14+,19+,20-/m1/s1. The van der Waals surface area contributed by atoms with Gasteiger partial charge in [0.2, 0.25) is 11.9 Å². The SMILES string of the molecule is Cc1[nH]nc2nc(Nc3cc(F)cc(N4CCOCC4)c3)nc(N[C@H]3[C@@H](C(N)=O)[C@@H]4C=C[C@H]3C4)c12. The number of aromatic amines is 1. The maximum Gasteiger partial charge on any atom is 0.231 e. The number of carbonyl (C=O) groups is 1. The molecule has 1 saturated carbocycles. The lowest BCUT2D eigenvalue weighted by Gasteiger charge is -2.29. The van der Waals surface area contributed by atoms with Crippen LogP contribution in [0.25, 0.3) is 11.0 Å². The summed E-state index contributed by atoms with van der Waals surface area (Å²) in [6, 6.07) is 4.63. The quantitative estimate of drug-likeness (QED) is 0.397. The van der Waals surface area contributed by atoms with E-state index in [1.165, 1.54) is 12.1 Å². The number of rotatable bonds is 6. The van der Waals surface area contributed by atoms with Crippen LogP contribution in [0.1, 0.15) is 12.1 Å². The number of primary amides is 1. The van der Waals surface area contributed by atoms with Crippen molar-refractivity contribution in [2.75, 3.05) is 41.8 Å².